The number of hydrogen-bond acceptors (Lipinski definition) is 8. The van der Waals surface area contributed by atoms with Crippen LogP contribution in [0.25, 0.3) is 0 Å². The van der Waals surface area contributed by atoms with Crippen LogP contribution in [0.5, 0.6) is 5.75 Å². The monoisotopic (exact) mass is 709 g/mol. The molecule has 6 atom stereocenters. The van der Waals surface area contributed by atoms with E-state index in [9.17, 15) is 13.8 Å². The number of halogens is 1. The molecule has 49 heavy (non-hydrogen) atoms. The van der Waals surface area contributed by atoms with Crippen LogP contribution in [0.1, 0.15) is 61.0 Å². The van der Waals surface area contributed by atoms with Crippen LogP contribution in [0.3, 0.4) is 0 Å². The number of anilines is 1. The Morgan fingerprint density at radius 2 is 1.94 bits per heavy atom. The SMILES string of the molecule is CO[C@H]1/C=C/C[C@H](C)C(NC(=O)N2CC(C)(OC)C2)[S-](=O)=NC(=O)c2ccc3c(c2)N(Cc2ccc(Cl)cc2CCCCO3)C[C@@]23CC2[C@@H]13. The summed E-state index contributed by atoms with van der Waals surface area (Å²) in [5.74, 6) is 0.761. The lowest BCUT2D eigenvalue weighted by atomic mass is 9.96. The van der Waals surface area contributed by atoms with Crippen molar-refractivity contribution in [1.82, 2.24) is 10.2 Å². The molecule has 0 radical (unpaired) electrons. The molecule has 7 rings (SSSR count). The second-order valence-electron chi connectivity index (χ2n) is 14.7. The van der Waals surface area contributed by atoms with Crippen LogP contribution in [0, 0.1) is 23.2 Å². The van der Waals surface area contributed by atoms with Crippen molar-refractivity contribution >= 4 is 39.8 Å². The Balaban J connectivity index is 1.26. The van der Waals surface area contributed by atoms with Gasteiger partial charge in [-0.15, -0.1) is 0 Å². The molecule has 2 aromatic rings. The number of nitrogens with zero attached hydrogens (tertiary/aromatic N) is 3. The maximum atomic E-state index is 13.9. The number of likely N-dealkylation sites (tertiary alicyclic amines) is 1. The second kappa shape index (κ2) is 13.5. The standard InChI is InChI=1S/C37H46ClN4O6S/c1-23-8-7-10-31(46-3)32-28-18-37(28,32)22-41-19-26-11-13-27(38)16-24(26)9-5-6-15-48-30-14-12-25(17-29(30)41)33(43)40-49(45)34(23)39-35(44)42-20-36(2,21-42)47-4/h7,10-14,16-17,23,28,31-32,34H,5-6,8-9,15,18-22H2,1-4H3,(H,39,44)/q-1/b10-7+/t23-,28?,31-,32-,34?,37-/m0/s1. The molecule has 1 N–H and O–H groups in total. The number of amides is 3. The molecule has 1 saturated heterocycles. The fourth-order valence-corrected chi connectivity index (χ4v) is 9.31. The van der Waals surface area contributed by atoms with E-state index in [1.54, 1.807) is 25.2 Å². The summed E-state index contributed by atoms with van der Waals surface area (Å²) >= 11 is 6.46. The van der Waals surface area contributed by atoms with Gasteiger partial charge in [-0.25, -0.2) is 4.79 Å². The first-order valence-corrected chi connectivity index (χ1v) is 18.8. The number of hydrogen-bond donors (Lipinski definition) is 1. The Morgan fingerprint density at radius 3 is 2.69 bits per heavy atom. The molecular formula is C37H46ClN4O6S-. The van der Waals surface area contributed by atoms with Crippen molar-refractivity contribution < 1.29 is 28.0 Å². The van der Waals surface area contributed by atoms with Gasteiger partial charge in [0.05, 0.1) is 31.5 Å². The van der Waals surface area contributed by atoms with Crippen molar-refractivity contribution in [2.75, 3.05) is 45.4 Å². The molecule has 264 valence electrons. The maximum Gasteiger partial charge on any atom is 0.316 e. The van der Waals surface area contributed by atoms with E-state index in [1.807, 2.05) is 32.0 Å². The van der Waals surface area contributed by atoms with E-state index in [0.717, 1.165) is 42.9 Å². The minimum Gasteiger partial charge on any atom is -0.491 e. The van der Waals surface area contributed by atoms with Crippen molar-refractivity contribution in [3.05, 3.63) is 70.3 Å². The van der Waals surface area contributed by atoms with E-state index in [-0.39, 0.29) is 23.5 Å². The van der Waals surface area contributed by atoms with Gasteiger partial charge in [0.1, 0.15) is 11.4 Å². The number of allylic oxidation sites excluding steroid dienone is 1. The van der Waals surface area contributed by atoms with Crippen LogP contribution in [-0.2, 0) is 37.2 Å². The van der Waals surface area contributed by atoms with Gasteiger partial charge in [0.2, 0.25) is 0 Å². The van der Waals surface area contributed by atoms with Crippen LogP contribution in [-0.4, -0.2) is 74.4 Å². The van der Waals surface area contributed by atoms with Gasteiger partial charge in [0.15, 0.2) is 0 Å². The molecule has 12 heteroatoms. The number of carbonyl (C=O) groups excluding carboxylic acids is 2. The highest BCUT2D eigenvalue weighted by molar-refractivity contribution is 7.75. The first kappa shape index (κ1) is 34.3. The fraction of sp³-hybridized carbons (Fsp3) is 0.568. The molecule has 2 aromatic carbocycles. The second-order valence-corrected chi connectivity index (χ2v) is 16.4. The number of carbonyl (C=O) groups is 2. The summed E-state index contributed by atoms with van der Waals surface area (Å²) in [6.45, 7) is 6.67. The third-order valence-electron chi connectivity index (χ3n) is 11.3. The zero-order valence-electron chi connectivity index (χ0n) is 28.7. The Hall–Kier alpha value is -3.12. The Kier molecular flexibility index (Phi) is 9.49. The lowest BCUT2D eigenvalue weighted by Gasteiger charge is -2.47. The minimum atomic E-state index is -2.05. The Bertz CT molecular complexity index is 1740. The van der Waals surface area contributed by atoms with E-state index in [4.69, 9.17) is 25.8 Å². The van der Waals surface area contributed by atoms with E-state index < -0.39 is 27.5 Å². The number of methoxy groups -OCH3 is 2. The van der Waals surface area contributed by atoms with Crippen molar-refractivity contribution in [3.63, 3.8) is 0 Å². The summed E-state index contributed by atoms with van der Waals surface area (Å²) in [6, 6.07) is 11.1. The molecule has 2 saturated carbocycles. The van der Waals surface area contributed by atoms with Gasteiger partial charge in [0.25, 0.3) is 5.91 Å². The van der Waals surface area contributed by atoms with E-state index in [1.165, 1.54) is 11.1 Å². The van der Waals surface area contributed by atoms with Gasteiger partial charge in [-0.2, -0.15) is 10.6 Å². The molecule has 2 aliphatic carbocycles. The highest BCUT2D eigenvalue weighted by Crippen LogP contribution is 2.81. The van der Waals surface area contributed by atoms with E-state index >= 15 is 0 Å². The first-order chi connectivity index (χ1) is 23.5. The number of aryl methyl sites for hydroxylation is 1. The minimum absolute atomic E-state index is 0.0615. The molecule has 10 nitrogen and oxygen atoms in total. The molecule has 2 unspecified atom stereocenters. The van der Waals surface area contributed by atoms with Gasteiger partial charge < -0.3 is 37.9 Å². The highest BCUT2D eigenvalue weighted by atomic mass is 35.5. The highest BCUT2D eigenvalue weighted by Gasteiger charge is 2.80. The molecule has 5 aliphatic rings. The van der Waals surface area contributed by atoms with Crippen LogP contribution in [0.2, 0.25) is 5.02 Å². The summed E-state index contributed by atoms with van der Waals surface area (Å²) in [4.78, 5) is 31.0. The van der Waals surface area contributed by atoms with E-state index in [2.05, 4.69) is 38.9 Å². The molecular weight excluding hydrogens is 664 g/mol. The van der Waals surface area contributed by atoms with Gasteiger partial charge in [-0.3, -0.25) is 4.79 Å². The van der Waals surface area contributed by atoms with Crippen molar-refractivity contribution in [1.29, 1.82) is 0 Å². The van der Waals surface area contributed by atoms with Gasteiger partial charge in [-0.1, -0.05) is 36.7 Å². The van der Waals surface area contributed by atoms with Crippen LogP contribution >= 0.6 is 11.6 Å². The molecule has 2 bridgehead atoms. The van der Waals surface area contributed by atoms with Gasteiger partial charge in [0, 0.05) is 37.9 Å². The summed E-state index contributed by atoms with van der Waals surface area (Å²) in [5, 5.41) is 2.77. The van der Waals surface area contributed by atoms with Crippen molar-refractivity contribution in [2.45, 2.75) is 69.6 Å². The normalized spacial score (nSPS) is 31.7. The Labute approximate surface area is 295 Å². The van der Waals surface area contributed by atoms with Crippen molar-refractivity contribution in [2.24, 2.45) is 27.5 Å². The number of fused-ring (bicyclic) bond motifs is 3. The third-order valence-corrected chi connectivity index (χ3v) is 12.9. The average molecular weight is 710 g/mol. The zero-order valence-corrected chi connectivity index (χ0v) is 30.2. The van der Waals surface area contributed by atoms with Gasteiger partial charge >= 0.3 is 6.03 Å². The summed E-state index contributed by atoms with van der Waals surface area (Å²) in [6.07, 6.45) is 8.52. The predicted molar refractivity (Wildman–Crippen MR) is 189 cm³/mol. The smallest absolute Gasteiger partial charge is 0.316 e. The number of nitrogens with one attached hydrogen (secondary N) is 1. The number of ether oxygens (including phenoxy) is 3. The predicted octanol–water partition coefficient (Wildman–Crippen LogP) is 6.35. The van der Waals surface area contributed by atoms with Crippen molar-refractivity contribution in [3.8, 4) is 5.75 Å². The molecule has 3 aliphatic heterocycles. The molecule has 3 fully saturated rings. The molecule has 3 amide bonds. The molecule has 3 heterocycles. The topological polar surface area (TPSA) is 110 Å². The molecule has 1 spiro atoms. The summed E-state index contributed by atoms with van der Waals surface area (Å²) in [5.41, 5.74) is 3.26. The van der Waals surface area contributed by atoms with E-state index in [0.29, 0.717) is 55.8 Å². The Morgan fingerprint density at radius 1 is 1.12 bits per heavy atom. The van der Waals surface area contributed by atoms with Crippen LogP contribution in [0.15, 0.2) is 52.9 Å². The fourth-order valence-electron chi connectivity index (χ4n) is 8.02. The van der Waals surface area contributed by atoms with Crippen LogP contribution < -0.4 is 15.0 Å². The van der Waals surface area contributed by atoms with Crippen LogP contribution in [0.4, 0.5) is 10.5 Å². The number of urea groups is 1. The number of benzene rings is 2. The largest absolute Gasteiger partial charge is 0.491 e. The average Bonchev–Trinajstić information content (AvgIpc) is 3.94. The first-order valence-electron chi connectivity index (χ1n) is 17.3. The third kappa shape index (κ3) is 6.83. The molecule has 0 aromatic heterocycles. The maximum absolute atomic E-state index is 13.9. The number of rotatable bonds is 3. The lowest BCUT2D eigenvalue weighted by molar-refractivity contribution is -0.0911. The zero-order chi connectivity index (χ0) is 34.5. The van der Waals surface area contributed by atoms with Gasteiger partial charge in [-0.05, 0) is 109 Å². The summed E-state index contributed by atoms with van der Waals surface area (Å²) < 4.78 is 36.0. The quantitative estimate of drug-likeness (QED) is 0.292. The lowest BCUT2D eigenvalue weighted by Crippen LogP contribution is -2.65. The summed E-state index contributed by atoms with van der Waals surface area (Å²) in [7, 11) is 1.33.